The second-order valence-electron chi connectivity index (χ2n) is 6.43. The van der Waals surface area contributed by atoms with Gasteiger partial charge in [0.05, 0.1) is 5.56 Å². The summed E-state index contributed by atoms with van der Waals surface area (Å²) in [5, 5.41) is 3.48. The number of benzene rings is 2. The Morgan fingerprint density at radius 3 is 2.52 bits per heavy atom. The molecule has 2 aromatic carbocycles. The summed E-state index contributed by atoms with van der Waals surface area (Å²) in [5.41, 5.74) is 0.292. The van der Waals surface area contributed by atoms with Crippen LogP contribution in [0, 0.1) is 0 Å². The van der Waals surface area contributed by atoms with Crippen molar-refractivity contribution < 1.29 is 17.9 Å². The van der Waals surface area contributed by atoms with Crippen molar-refractivity contribution in [3.05, 3.63) is 65.7 Å². The van der Waals surface area contributed by atoms with E-state index in [2.05, 4.69) is 5.32 Å². The van der Waals surface area contributed by atoms with E-state index in [1.54, 1.807) is 6.07 Å². The summed E-state index contributed by atoms with van der Waals surface area (Å²) in [6, 6.07) is 15.1. The minimum absolute atomic E-state index is 0.250. The van der Waals surface area contributed by atoms with E-state index in [1.807, 2.05) is 30.3 Å². The van der Waals surface area contributed by atoms with Gasteiger partial charge < -0.3 is 10.1 Å². The van der Waals surface area contributed by atoms with Crippen LogP contribution >= 0.6 is 0 Å². The molecule has 0 saturated carbocycles. The molecule has 1 fully saturated rings. The zero-order valence-corrected chi connectivity index (χ0v) is 13.9. The summed E-state index contributed by atoms with van der Waals surface area (Å²) in [5.74, 6) is 0.250. The molecular formula is C20H22F3NO. The van der Waals surface area contributed by atoms with Gasteiger partial charge in [-0.15, -0.1) is 0 Å². The van der Waals surface area contributed by atoms with Crippen LogP contribution in [0.3, 0.4) is 0 Å². The molecule has 2 unspecified atom stereocenters. The minimum Gasteiger partial charge on any atom is -0.486 e. The van der Waals surface area contributed by atoms with Crippen LogP contribution in [0.1, 0.15) is 42.9 Å². The van der Waals surface area contributed by atoms with E-state index in [0.29, 0.717) is 6.04 Å². The highest BCUT2D eigenvalue weighted by molar-refractivity contribution is 5.31. The van der Waals surface area contributed by atoms with E-state index in [1.165, 1.54) is 18.9 Å². The molecule has 2 aromatic rings. The summed E-state index contributed by atoms with van der Waals surface area (Å²) in [7, 11) is 0. The first-order chi connectivity index (χ1) is 12.0. The monoisotopic (exact) mass is 349 g/mol. The third-order valence-electron chi connectivity index (χ3n) is 4.52. The molecule has 3 rings (SSSR count). The number of nitrogens with one attached hydrogen (secondary N) is 1. The molecule has 1 aliphatic rings. The third-order valence-corrected chi connectivity index (χ3v) is 4.52. The van der Waals surface area contributed by atoms with Crippen molar-refractivity contribution >= 4 is 0 Å². The third kappa shape index (κ3) is 4.98. The van der Waals surface area contributed by atoms with Crippen molar-refractivity contribution in [3.8, 4) is 5.75 Å². The number of halogens is 3. The SMILES string of the molecule is FC(F)(F)c1cccc(OC(CC2CCCCN2)c2ccccc2)c1. The second kappa shape index (κ2) is 7.91. The fraction of sp³-hybridized carbons (Fsp3) is 0.400. The predicted molar refractivity (Wildman–Crippen MR) is 91.5 cm³/mol. The summed E-state index contributed by atoms with van der Waals surface area (Å²) < 4.78 is 44.8. The first-order valence-corrected chi connectivity index (χ1v) is 8.64. The average molecular weight is 349 g/mol. The quantitative estimate of drug-likeness (QED) is 0.785. The van der Waals surface area contributed by atoms with E-state index in [9.17, 15) is 13.2 Å². The fourth-order valence-corrected chi connectivity index (χ4v) is 3.21. The van der Waals surface area contributed by atoms with Gasteiger partial charge >= 0.3 is 6.18 Å². The van der Waals surface area contributed by atoms with Gasteiger partial charge in [0.25, 0.3) is 0 Å². The topological polar surface area (TPSA) is 21.3 Å². The Hall–Kier alpha value is -2.01. The highest BCUT2D eigenvalue weighted by Crippen LogP contribution is 2.34. The molecule has 0 spiro atoms. The van der Waals surface area contributed by atoms with Crippen LogP contribution in [0.2, 0.25) is 0 Å². The number of hydrogen-bond acceptors (Lipinski definition) is 2. The maximum absolute atomic E-state index is 12.9. The maximum atomic E-state index is 12.9. The van der Waals surface area contributed by atoms with Gasteiger partial charge in [-0.05, 0) is 43.1 Å². The zero-order valence-electron chi connectivity index (χ0n) is 13.9. The lowest BCUT2D eigenvalue weighted by atomic mass is 9.95. The van der Waals surface area contributed by atoms with Gasteiger partial charge in [-0.2, -0.15) is 13.2 Å². The Balaban J connectivity index is 1.80. The van der Waals surface area contributed by atoms with Gasteiger partial charge in [-0.1, -0.05) is 42.8 Å². The maximum Gasteiger partial charge on any atom is 0.416 e. The summed E-state index contributed by atoms with van der Waals surface area (Å²) >= 11 is 0. The van der Waals surface area contributed by atoms with E-state index in [4.69, 9.17) is 4.74 Å². The lowest BCUT2D eigenvalue weighted by molar-refractivity contribution is -0.137. The molecule has 25 heavy (non-hydrogen) atoms. The van der Waals surface area contributed by atoms with Crippen molar-refractivity contribution in [2.24, 2.45) is 0 Å². The number of hydrogen-bond donors (Lipinski definition) is 1. The summed E-state index contributed by atoms with van der Waals surface area (Å²) in [6.07, 6.45) is -0.508. The van der Waals surface area contributed by atoms with Gasteiger partial charge in [-0.3, -0.25) is 0 Å². The molecule has 1 heterocycles. The fourth-order valence-electron chi connectivity index (χ4n) is 3.21. The van der Waals surface area contributed by atoms with Crippen LogP contribution in [0.5, 0.6) is 5.75 Å². The molecule has 2 atom stereocenters. The molecule has 1 N–H and O–H groups in total. The van der Waals surface area contributed by atoms with Gasteiger partial charge in [0, 0.05) is 12.5 Å². The molecule has 134 valence electrons. The molecule has 5 heteroatoms. The Bertz CT molecular complexity index is 666. The van der Waals surface area contributed by atoms with E-state index >= 15 is 0 Å². The molecule has 1 saturated heterocycles. The first kappa shape index (κ1) is 17.8. The van der Waals surface area contributed by atoms with Crippen molar-refractivity contribution in [1.29, 1.82) is 0 Å². The molecule has 0 aliphatic carbocycles. The van der Waals surface area contributed by atoms with E-state index < -0.39 is 11.7 Å². The highest BCUT2D eigenvalue weighted by Gasteiger charge is 2.31. The van der Waals surface area contributed by atoms with Gasteiger partial charge in [0.1, 0.15) is 11.9 Å². The molecule has 2 nitrogen and oxygen atoms in total. The Morgan fingerprint density at radius 2 is 1.84 bits per heavy atom. The lowest BCUT2D eigenvalue weighted by Crippen LogP contribution is -2.36. The van der Waals surface area contributed by atoms with E-state index in [-0.39, 0.29) is 11.9 Å². The number of ether oxygens (including phenoxy) is 1. The minimum atomic E-state index is -4.37. The van der Waals surface area contributed by atoms with E-state index in [0.717, 1.165) is 37.1 Å². The molecule has 0 radical (unpaired) electrons. The predicted octanol–water partition coefficient (Wildman–Crippen LogP) is 5.36. The first-order valence-electron chi connectivity index (χ1n) is 8.64. The van der Waals surface area contributed by atoms with Gasteiger partial charge in [-0.25, -0.2) is 0 Å². The molecular weight excluding hydrogens is 327 g/mol. The summed E-state index contributed by atoms with van der Waals surface area (Å²) in [4.78, 5) is 0. The van der Waals surface area contributed by atoms with Crippen LogP contribution in [-0.2, 0) is 6.18 Å². The van der Waals surface area contributed by atoms with Crippen LogP contribution in [0.15, 0.2) is 54.6 Å². The molecule has 0 amide bonds. The molecule has 0 bridgehead atoms. The van der Waals surface area contributed by atoms with Gasteiger partial charge in [0.15, 0.2) is 0 Å². The number of piperidine rings is 1. The largest absolute Gasteiger partial charge is 0.486 e. The smallest absolute Gasteiger partial charge is 0.416 e. The number of rotatable bonds is 5. The van der Waals surface area contributed by atoms with Crippen molar-refractivity contribution in [2.75, 3.05) is 6.54 Å². The average Bonchev–Trinajstić information content (AvgIpc) is 2.62. The molecule has 0 aromatic heterocycles. The standard InChI is InChI=1S/C20H22F3NO/c21-20(22,23)16-9-6-11-18(13-16)25-19(15-7-2-1-3-8-15)14-17-10-4-5-12-24-17/h1-3,6-9,11,13,17,19,24H,4-5,10,12,14H2. The van der Waals surface area contributed by atoms with Crippen LogP contribution in [0.25, 0.3) is 0 Å². The Labute approximate surface area is 146 Å². The zero-order chi connectivity index (χ0) is 17.7. The van der Waals surface area contributed by atoms with Crippen molar-refractivity contribution in [3.63, 3.8) is 0 Å². The van der Waals surface area contributed by atoms with Crippen LogP contribution in [-0.4, -0.2) is 12.6 Å². The van der Waals surface area contributed by atoms with Crippen molar-refractivity contribution in [1.82, 2.24) is 5.32 Å². The normalized spacial score (nSPS) is 19.4. The summed E-state index contributed by atoms with van der Waals surface area (Å²) in [6.45, 7) is 0.982. The van der Waals surface area contributed by atoms with Crippen LogP contribution < -0.4 is 10.1 Å². The number of alkyl halides is 3. The molecule has 1 aliphatic heterocycles. The lowest BCUT2D eigenvalue weighted by Gasteiger charge is -2.28. The van der Waals surface area contributed by atoms with Crippen molar-refractivity contribution in [2.45, 2.75) is 44.0 Å². The van der Waals surface area contributed by atoms with Gasteiger partial charge in [0.2, 0.25) is 0 Å². The second-order valence-corrected chi connectivity index (χ2v) is 6.43. The van der Waals surface area contributed by atoms with Crippen LogP contribution in [0.4, 0.5) is 13.2 Å². The highest BCUT2D eigenvalue weighted by atomic mass is 19.4. The Kier molecular flexibility index (Phi) is 5.63. The Morgan fingerprint density at radius 1 is 1.04 bits per heavy atom.